The highest BCUT2D eigenvalue weighted by Crippen LogP contribution is 2.49. The minimum Gasteiger partial charge on any atom is -0.456 e. The maximum atomic E-state index is 6.21. The summed E-state index contributed by atoms with van der Waals surface area (Å²) in [5.74, 6) is 1.95. The first-order valence-electron chi connectivity index (χ1n) is 17.0. The molecule has 9 aromatic rings. The fraction of sp³-hybridized carbons (Fsp3) is 0.0652. The predicted octanol–water partition coefficient (Wildman–Crippen LogP) is 11.9. The summed E-state index contributed by atoms with van der Waals surface area (Å²) in [7, 11) is 0. The SMILES string of the molecule is CC1(C)c2ccccc2-c2ccc(-c3nc(-c4ccccc4)nc(-c4cccc(-c5ccc6ccc7oc8ccccc8c7c6c5)c4)n3)cc21. The van der Waals surface area contributed by atoms with Crippen LogP contribution in [-0.4, -0.2) is 15.0 Å². The molecule has 0 radical (unpaired) electrons. The second kappa shape index (κ2) is 10.8. The smallest absolute Gasteiger partial charge is 0.164 e. The van der Waals surface area contributed by atoms with Crippen molar-refractivity contribution in [2.75, 3.05) is 0 Å². The van der Waals surface area contributed by atoms with Crippen molar-refractivity contribution >= 4 is 32.7 Å². The number of aromatic nitrogens is 3. The number of furan rings is 1. The Hall–Kier alpha value is -6.39. The van der Waals surface area contributed by atoms with Gasteiger partial charge in [-0.05, 0) is 74.5 Å². The summed E-state index contributed by atoms with van der Waals surface area (Å²) in [6.07, 6.45) is 0. The quantitative estimate of drug-likeness (QED) is 0.192. The molecule has 2 heterocycles. The van der Waals surface area contributed by atoms with Crippen molar-refractivity contribution in [1.29, 1.82) is 0 Å². The summed E-state index contributed by atoms with van der Waals surface area (Å²) in [5, 5.41) is 4.63. The number of hydrogen-bond acceptors (Lipinski definition) is 4. The van der Waals surface area contributed by atoms with E-state index in [0.29, 0.717) is 17.5 Å². The van der Waals surface area contributed by atoms with Gasteiger partial charge in [-0.15, -0.1) is 0 Å². The van der Waals surface area contributed by atoms with Crippen molar-refractivity contribution in [3.05, 3.63) is 163 Å². The van der Waals surface area contributed by atoms with E-state index in [0.717, 1.165) is 49.8 Å². The number of benzene rings is 7. The third kappa shape index (κ3) is 4.42. The van der Waals surface area contributed by atoms with Gasteiger partial charge < -0.3 is 4.42 Å². The summed E-state index contributed by atoms with van der Waals surface area (Å²) in [5.41, 5.74) is 12.0. The van der Waals surface area contributed by atoms with Gasteiger partial charge >= 0.3 is 0 Å². The molecule has 10 rings (SSSR count). The second-order valence-corrected chi connectivity index (χ2v) is 13.7. The highest BCUT2D eigenvalue weighted by atomic mass is 16.3. The van der Waals surface area contributed by atoms with E-state index in [-0.39, 0.29) is 5.41 Å². The predicted molar refractivity (Wildman–Crippen MR) is 204 cm³/mol. The molecular weight excluding hydrogens is 611 g/mol. The van der Waals surface area contributed by atoms with Crippen molar-refractivity contribution < 1.29 is 4.42 Å². The topological polar surface area (TPSA) is 51.8 Å². The molecule has 0 N–H and O–H groups in total. The number of fused-ring (bicyclic) bond motifs is 8. The minimum atomic E-state index is -0.122. The van der Waals surface area contributed by atoms with Crippen LogP contribution in [0.3, 0.4) is 0 Å². The molecule has 1 aliphatic carbocycles. The van der Waals surface area contributed by atoms with E-state index in [9.17, 15) is 0 Å². The molecule has 4 heteroatoms. The highest BCUT2D eigenvalue weighted by Gasteiger charge is 2.35. The lowest BCUT2D eigenvalue weighted by atomic mass is 9.82. The lowest BCUT2D eigenvalue weighted by Crippen LogP contribution is -2.15. The molecular formula is C46H31N3O. The van der Waals surface area contributed by atoms with E-state index >= 15 is 0 Å². The first-order chi connectivity index (χ1) is 24.5. The molecule has 0 saturated carbocycles. The minimum absolute atomic E-state index is 0.122. The van der Waals surface area contributed by atoms with Crippen LogP contribution in [0.1, 0.15) is 25.0 Å². The molecule has 0 unspecified atom stereocenters. The van der Waals surface area contributed by atoms with Gasteiger partial charge in [-0.1, -0.05) is 135 Å². The maximum Gasteiger partial charge on any atom is 0.164 e. The zero-order chi connectivity index (χ0) is 33.4. The van der Waals surface area contributed by atoms with Gasteiger partial charge in [0.05, 0.1) is 0 Å². The number of hydrogen-bond donors (Lipinski definition) is 0. The van der Waals surface area contributed by atoms with Gasteiger partial charge in [0.1, 0.15) is 11.2 Å². The lowest BCUT2D eigenvalue weighted by Gasteiger charge is -2.21. The van der Waals surface area contributed by atoms with Crippen LogP contribution in [0, 0.1) is 0 Å². The fourth-order valence-electron chi connectivity index (χ4n) is 7.75. The molecule has 0 saturated heterocycles. The van der Waals surface area contributed by atoms with E-state index in [2.05, 4.69) is 135 Å². The highest BCUT2D eigenvalue weighted by molar-refractivity contribution is 6.19. The van der Waals surface area contributed by atoms with Gasteiger partial charge in [0.15, 0.2) is 17.5 Å². The van der Waals surface area contributed by atoms with E-state index in [4.69, 9.17) is 19.4 Å². The molecule has 0 bridgehead atoms. The molecule has 1 aliphatic rings. The molecule has 0 amide bonds. The molecule has 7 aromatic carbocycles. The Bertz CT molecular complexity index is 2790. The monoisotopic (exact) mass is 641 g/mol. The Kier molecular flexibility index (Phi) is 6.19. The van der Waals surface area contributed by atoms with Crippen LogP contribution in [-0.2, 0) is 5.41 Å². The normalized spacial score (nSPS) is 13.2. The molecule has 236 valence electrons. The summed E-state index contributed by atoms with van der Waals surface area (Å²) in [6, 6.07) is 53.2. The van der Waals surface area contributed by atoms with Gasteiger partial charge in [0.25, 0.3) is 0 Å². The summed E-state index contributed by atoms with van der Waals surface area (Å²) < 4.78 is 6.21. The van der Waals surface area contributed by atoms with Crippen LogP contribution in [0.5, 0.6) is 0 Å². The van der Waals surface area contributed by atoms with Crippen LogP contribution in [0.25, 0.3) is 89.1 Å². The van der Waals surface area contributed by atoms with Gasteiger partial charge in [-0.3, -0.25) is 0 Å². The molecule has 0 atom stereocenters. The zero-order valence-electron chi connectivity index (χ0n) is 27.7. The number of nitrogens with zero attached hydrogens (tertiary/aromatic N) is 3. The maximum absolute atomic E-state index is 6.21. The third-order valence-electron chi connectivity index (χ3n) is 10.3. The summed E-state index contributed by atoms with van der Waals surface area (Å²) >= 11 is 0. The van der Waals surface area contributed by atoms with Crippen LogP contribution in [0.4, 0.5) is 0 Å². The Labute approximate surface area is 289 Å². The van der Waals surface area contributed by atoms with Crippen LogP contribution < -0.4 is 0 Å². The van der Waals surface area contributed by atoms with Crippen molar-refractivity contribution in [3.63, 3.8) is 0 Å². The summed E-state index contributed by atoms with van der Waals surface area (Å²) in [4.78, 5) is 15.2. The second-order valence-electron chi connectivity index (χ2n) is 13.7. The van der Waals surface area contributed by atoms with Crippen molar-refractivity contribution in [2.24, 2.45) is 0 Å². The largest absolute Gasteiger partial charge is 0.456 e. The van der Waals surface area contributed by atoms with E-state index in [1.807, 2.05) is 30.3 Å². The van der Waals surface area contributed by atoms with Crippen molar-refractivity contribution in [2.45, 2.75) is 19.3 Å². The van der Waals surface area contributed by atoms with E-state index < -0.39 is 0 Å². The van der Waals surface area contributed by atoms with Crippen LogP contribution in [0.15, 0.2) is 156 Å². The van der Waals surface area contributed by atoms with Gasteiger partial charge in [0.2, 0.25) is 0 Å². The average molecular weight is 642 g/mol. The van der Waals surface area contributed by atoms with Gasteiger partial charge in [-0.2, -0.15) is 0 Å². The molecule has 50 heavy (non-hydrogen) atoms. The first kappa shape index (κ1) is 28.6. The first-order valence-corrected chi connectivity index (χ1v) is 17.0. The third-order valence-corrected chi connectivity index (χ3v) is 10.3. The molecule has 0 spiro atoms. The van der Waals surface area contributed by atoms with E-state index in [1.165, 1.54) is 33.0 Å². The molecule has 2 aromatic heterocycles. The van der Waals surface area contributed by atoms with Crippen LogP contribution >= 0.6 is 0 Å². The molecule has 0 aliphatic heterocycles. The number of para-hydroxylation sites is 1. The fourth-order valence-corrected chi connectivity index (χ4v) is 7.75. The van der Waals surface area contributed by atoms with Crippen LogP contribution in [0.2, 0.25) is 0 Å². The van der Waals surface area contributed by atoms with Gasteiger partial charge in [0, 0.05) is 32.9 Å². The molecule has 0 fully saturated rings. The zero-order valence-corrected chi connectivity index (χ0v) is 27.7. The standard InChI is InChI=1S/C46H31N3O/c1-46(2)38-17-8-6-15-34(38)35-23-21-33(27-39(35)46)45-48-43(29-11-4-3-5-12-29)47-44(49-45)32-14-10-13-30(25-32)31-20-19-28-22-24-41-42(37(28)26-31)36-16-7-9-18-40(36)50-41/h3-27H,1-2H3. The Morgan fingerprint density at radius 3 is 1.90 bits per heavy atom. The summed E-state index contributed by atoms with van der Waals surface area (Å²) in [6.45, 7) is 4.60. The molecule has 4 nitrogen and oxygen atoms in total. The van der Waals surface area contributed by atoms with Crippen molar-refractivity contribution in [3.8, 4) is 56.4 Å². The Morgan fingerprint density at radius 2 is 1.04 bits per heavy atom. The Morgan fingerprint density at radius 1 is 0.420 bits per heavy atom. The number of rotatable bonds is 4. The average Bonchev–Trinajstić information content (AvgIpc) is 3.67. The van der Waals surface area contributed by atoms with E-state index in [1.54, 1.807) is 0 Å². The Balaban J connectivity index is 1.11. The lowest BCUT2D eigenvalue weighted by molar-refractivity contribution is 0.660. The van der Waals surface area contributed by atoms with Gasteiger partial charge in [-0.25, -0.2) is 15.0 Å². The van der Waals surface area contributed by atoms with Crippen molar-refractivity contribution in [1.82, 2.24) is 15.0 Å².